The summed E-state index contributed by atoms with van der Waals surface area (Å²) in [6.07, 6.45) is 2.51. The average Bonchev–Trinajstić information content (AvgIpc) is 3.41. The van der Waals surface area contributed by atoms with Crippen LogP contribution in [0, 0.1) is 11.8 Å². The molecule has 0 radical (unpaired) electrons. The van der Waals surface area contributed by atoms with E-state index in [9.17, 15) is 9.59 Å². The third-order valence-electron chi connectivity index (χ3n) is 8.38. The second-order valence-electron chi connectivity index (χ2n) is 11.0. The van der Waals surface area contributed by atoms with Crippen LogP contribution >= 0.6 is 12.4 Å². The molecule has 6 heteroatoms. The fourth-order valence-electron chi connectivity index (χ4n) is 6.51. The predicted octanol–water partition coefficient (Wildman–Crippen LogP) is 5.41. The van der Waals surface area contributed by atoms with E-state index in [2.05, 4.69) is 67.5 Å². The number of amides is 1. The Morgan fingerprint density at radius 3 is 2.18 bits per heavy atom. The zero-order chi connectivity index (χ0) is 26.5. The Hall–Kier alpha value is -3.15. The van der Waals surface area contributed by atoms with Crippen LogP contribution in [0.1, 0.15) is 36.0 Å². The largest absolute Gasteiger partial charge is 0.493 e. The molecule has 1 amide bonds. The normalized spacial score (nSPS) is 19.9. The standard InChI is InChI=1S/C33H38N2O3.ClH/c1-34(2)20-11-21-38-31-17-10-9-12-25(31)22-32(37)35-23-28-29(24-35)33(19-18-30(28)36,26-13-5-3-6-14-26)27-15-7-4-8-16-27;/h3-10,12-17,28-29H,11,18-24H2,1-2H3;1H. The van der Waals surface area contributed by atoms with Gasteiger partial charge in [0.05, 0.1) is 13.0 Å². The molecule has 5 rings (SSSR count). The van der Waals surface area contributed by atoms with Crippen LogP contribution in [0.15, 0.2) is 84.9 Å². The van der Waals surface area contributed by atoms with E-state index in [-0.39, 0.29) is 47.8 Å². The molecule has 1 saturated heterocycles. The van der Waals surface area contributed by atoms with Crippen LogP contribution in [-0.2, 0) is 21.4 Å². The second-order valence-corrected chi connectivity index (χ2v) is 11.0. The summed E-state index contributed by atoms with van der Waals surface area (Å²) in [5.74, 6) is 1.03. The lowest BCUT2D eigenvalue weighted by atomic mass is 9.56. The van der Waals surface area contributed by atoms with Gasteiger partial charge in [-0.05, 0) is 44.1 Å². The molecular weight excluding hydrogens is 508 g/mol. The van der Waals surface area contributed by atoms with Gasteiger partial charge in [0.2, 0.25) is 5.91 Å². The molecule has 39 heavy (non-hydrogen) atoms. The molecule has 3 aromatic rings. The quantitative estimate of drug-likeness (QED) is 0.337. The Bertz CT molecular complexity index is 1210. The summed E-state index contributed by atoms with van der Waals surface area (Å²) in [6, 6.07) is 29.0. The third kappa shape index (κ3) is 6.05. The van der Waals surface area contributed by atoms with E-state index >= 15 is 0 Å². The maximum Gasteiger partial charge on any atom is 0.227 e. The molecule has 2 unspecified atom stereocenters. The summed E-state index contributed by atoms with van der Waals surface area (Å²) < 4.78 is 6.06. The van der Waals surface area contributed by atoms with Crippen molar-refractivity contribution in [2.75, 3.05) is 40.3 Å². The first-order valence-corrected chi connectivity index (χ1v) is 13.8. The van der Waals surface area contributed by atoms with Gasteiger partial charge in [0, 0.05) is 48.9 Å². The van der Waals surface area contributed by atoms with Gasteiger partial charge in [-0.1, -0.05) is 78.9 Å². The molecule has 0 aromatic heterocycles. The molecule has 0 spiro atoms. The molecule has 1 saturated carbocycles. The van der Waals surface area contributed by atoms with Crippen LogP contribution in [0.5, 0.6) is 5.75 Å². The Balaban J connectivity index is 0.00000353. The van der Waals surface area contributed by atoms with Gasteiger partial charge in [0.15, 0.2) is 0 Å². The van der Waals surface area contributed by atoms with Crippen molar-refractivity contribution in [2.45, 2.75) is 31.1 Å². The van der Waals surface area contributed by atoms with Crippen molar-refractivity contribution in [1.82, 2.24) is 9.80 Å². The molecule has 0 N–H and O–H groups in total. The molecule has 0 bridgehead atoms. The Morgan fingerprint density at radius 1 is 0.923 bits per heavy atom. The number of hydrogen-bond acceptors (Lipinski definition) is 4. The van der Waals surface area contributed by atoms with E-state index < -0.39 is 0 Å². The number of rotatable bonds is 9. The zero-order valence-corrected chi connectivity index (χ0v) is 23.7. The SMILES string of the molecule is CN(C)CCCOc1ccccc1CC(=O)N1CC2C(=O)CCC(c3ccccc3)(c3ccccc3)C2C1.Cl. The van der Waals surface area contributed by atoms with E-state index in [1.54, 1.807) is 0 Å². The maximum absolute atomic E-state index is 13.7. The van der Waals surface area contributed by atoms with E-state index in [4.69, 9.17) is 4.74 Å². The number of benzene rings is 3. The van der Waals surface area contributed by atoms with Crippen molar-refractivity contribution in [1.29, 1.82) is 0 Å². The first-order chi connectivity index (χ1) is 18.5. The van der Waals surface area contributed by atoms with Crippen molar-refractivity contribution < 1.29 is 14.3 Å². The highest BCUT2D eigenvalue weighted by Crippen LogP contribution is 2.52. The number of para-hydroxylation sites is 1. The number of carbonyl (C=O) groups is 2. The summed E-state index contributed by atoms with van der Waals surface area (Å²) in [5.41, 5.74) is 3.09. The van der Waals surface area contributed by atoms with E-state index in [1.807, 2.05) is 41.3 Å². The smallest absolute Gasteiger partial charge is 0.227 e. The minimum absolute atomic E-state index is 0. The molecule has 2 atom stereocenters. The van der Waals surface area contributed by atoms with Crippen LogP contribution in [0.25, 0.3) is 0 Å². The molecule has 1 aliphatic carbocycles. The van der Waals surface area contributed by atoms with Gasteiger partial charge in [0.25, 0.3) is 0 Å². The van der Waals surface area contributed by atoms with Gasteiger partial charge in [0.1, 0.15) is 11.5 Å². The molecule has 1 heterocycles. The number of likely N-dealkylation sites (tertiary alicyclic amines) is 1. The zero-order valence-electron chi connectivity index (χ0n) is 22.9. The van der Waals surface area contributed by atoms with Gasteiger partial charge in [-0.3, -0.25) is 9.59 Å². The molecule has 2 aliphatic rings. The van der Waals surface area contributed by atoms with Gasteiger partial charge in [-0.2, -0.15) is 0 Å². The van der Waals surface area contributed by atoms with Crippen molar-refractivity contribution in [3.05, 3.63) is 102 Å². The van der Waals surface area contributed by atoms with E-state index in [0.29, 0.717) is 26.1 Å². The van der Waals surface area contributed by atoms with Crippen LogP contribution in [-0.4, -0.2) is 61.8 Å². The number of halogens is 1. The lowest BCUT2D eigenvalue weighted by Crippen LogP contribution is -2.47. The number of nitrogens with zero attached hydrogens (tertiary/aromatic N) is 2. The van der Waals surface area contributed by atoms with Crippen molar-refractivity contribution >= 4 is 24.1 Å². The lowest BCUT2D eigenvalue weighted by Gasteiger charge is -2.45. The second kappa shape index (κ2) is 12.8. The van der Waals surface area contributed by atoms with Gasteiger partial charge in [-0.15, -0.1) is 12.4 Å². The molecule has 2 fully saturated rings. The van der Waals surface area contributed by atoms with E-state index in [0.717, 1.165) is 30.7 Å². The average molecular weight is 547 g/mol. The minimum atomic E-state index is -0.288. The minimum Gasteiger partial charge on any atom is -0.493 e. The lowest BCUT2D eigenvalue weighted by molar-refractivity contribution is -0.129. The Labute approximate surface area is 238 Å². The monoisotopic (exact) mass is 546 g/mol. The number of carbonyl (C=O) groups excluding carboxylic acids is 2. The highest BCUT2D eigenvalue weighted by atomic mass is 35.5. The number of ether oxygens (including phenoxy) is 1. The van der Waals surface area contributed by atoms with Gasteiger partial charge in [-0.25, -0.2) is 0 Å². The van der Waals surface area contributed by atoms with Crippen LogP contribution in [0.3, 0.4) is 0 Å². The number of fused-ring (bicyclic) bond motifs is 1. The van der Waals surface area contributed by atoms with Crippen LogP contribution < -0.4 is 4.74 Å². The number of ketones is 1. The van der Waals surface area contributed by atoms with Crippen molar-refractivity contribution in [3.63, 3.8) is 0 Å². The van der Waals surface area contributed by atoms with Crippen LogP contribution in [0.2, 0.25) is 0 Å². The Kier molecular flexibility index (Phi) is 9.47. The first kappa shape index (κ1) is 28.8. The highest BCUT2D eigenvalue weighted by Gasteiger charge is 2.55. The van der Waals surface area contributed by atoms with E-state index in [1.165, 1.54) is 11.1 Å². The molecule has 3 aromatic carbocycles. The third-order valence-corrected chi connectivity index (χ3v) is 8.38. The molecule has 5 nitrogen and oxygen atoms in total. The highest BCUT2D eigenvalue weighted by molar-refractivity contribution is 5.86. The van der Waals surface area contributed by atoms with Crippen LogP contribution in [0.4, 0.5) is 0 Å². The molecule has 1 aliphatic heterocycles. The topological polar surface area (TPSA) is 49.9 Å². The molecule has 206 valence electrons. The summed E-state index contributed by atoms with van der Waals surface area (Å²) in [4.78, 5) is 31.0. The van der Waals surface area contributed by atoms with Gasteiger partial charge >= 0.3 is 0 Å². The van der Waals surface area contributed by atoms with Crippen molar-refractivity contribution in [2.24, 2.45) is 11.8 Å². The first-order valence-electron chi connectivity index (χ1n) is 13.8. The maximum atomic E-state index is 13.7. The Morgan fingerprint density at radius 2 is 1.54 bits per heavy atom. The van der Waals surface area contributed by atoms with Gasteiger partial charge < -0.3 is 14.5 Å². The number of Topliss-reactive ketones (excluding diaryl/α,β-unsaturated/α-hetero) is 1. The summed E-state index contributed by atoms with van der Waals surface area (Å²) in [5, 5.41) is 0. The number of hydrogen-bond donors (Lipinski definition) is 0. The summed E-state index contributed by atoms with van der Waals surface area (Å²) >= 11 is 0. The fourth-order valence-corrected chi connectivity index (χ4v) is 6.51. The summed E-state index contributed by atoms with van der Waals surface area (Å²) in [6.45, 7) is 2.65. The molecular formula is C33H39ClN2O3. The predicted molar refractivity (Wildman–Crippen MR) is 158 cm³/mol. The fraction of sp³-hybridized carbons (Fsp3) is 0.394. The van der Waals surface area contributed by atoms with Crippen molar-refractivity contribution in [3.8, 4) is 5.75 Å². The summed E-state index contributed by atoms with van der Waals surface area (Å²) in [7, 11) is 4.10.